The molecule has 0 bridgehead atoms. The molecular weight excluding hydrogens is 148 g/mol. The Morgan fingerprint density at radius 2 is 1.92 bits per heavy atom. The first kappa shape index (κ1) is 11.3. The number of hydrogen-bond acceptors (Lipinski definition) is 1. The average molecular weight is 168 g/mol. The molecule has 0 aromatic heterocycles. The van der Waals surface area contributed by atoms with E-state index >= 15 is 0 Å². The lowest BCUT2D eigenvalue weighted by atomic mass is 10.1. The molecule has 0 unspecified atom stereocenters. The van der Waals surface area contributed by atoms with Crippen LogP contribution in [0, 0.1) is 0 Å². The van der Waals surface area contributed by atoms with Gasteiger partial charge in [0.1, 0.15) is 0 Å². The van der Waals surface area contributed by atoms with Crippen LogP contribution >= 0.6 is 0 Å². The van der Waals surface area contributed by atoms with Crippen LogP contribution in [-0.2, 0) is 4.74 Å². The molecule has 70 valence electrons. The van der Waals surface area contributed by atoms with Gasteiger partial charge in [0.25, 0.3) is 0 Å². The van der Waals surface area contributed by atoms with E-state index in [0.717, 1.165) is 0 Å². The van der Waals surface area contributed by atoms with Crippen LogP contribution in [0.4, 0.5) is 0 Å². The lowest BCUT2D eigenvalue weighted by molar-refractivity contribution is 0.338. The first-order valence-corrected chi connectivity index (χ1v) is 4.76. The Labute approximate surface area is 76.1 Å². The molecule has 0 heterocycles. The lowest BCUT2D eigenvalue weighted by Crippen LogP contribution is -1.73. The van der Waals surface area contributed by atoms with E-state index in [-0.39, 0.29) is 0 Å². The lowest BCUT2D eigenvalue weighted by Gasteiger charge is -1.92. The monoisotopic (exact) mass is 168 g/mol. The summed E-state index contributed by atoms with van der Waals surface area (Å²) < 4.78 is 4.76. The summed E-state index contributed by atoms with van der Waals surface area (Å²) in [6.07, 6.45) is 14.4. The van der Waals surface area contributed by atoms with Crippen LogP contribution in [0.5, 0.6) is 0 Å². The van der Waals surface area contributed by atoms with E-state index < -0.39 is 0 Å². The minimum absolute atomic E-state index is 1.19. The maximum atomic E-state index is 4.76. The van der Waals surface area contributed by atoms with E-state index in [1.165, 1.54) is 32.1 Å². The van der Waals surface area contributed by atoms with E-state index in [9.17, 15) is 0 Å². The summed E-state index contributed by atoms with van der Waals surface area (Å²) in [6, 6.07) is 0. The van der Waals surface area contributed by atoms with Crippen LogP contribution in [0.3, 0.4) is 0 Å². The Hall–Kier alpha value is -0.720. The van der Waals surface area contributed by atoms with Crippen LogP contribution in [0.2, 0.25) is 0 Å². The summed E-state index contributed by atoms with van der Waals surface area (Å²) in [7, 11) is 1.66. The zero-order chi connectivity index (χ0) is 9.07. The van der Waals surface area contributed by atoms with E-state index in [4.69, 9.17) is 4.74 Å². The highest BCUT2D eigenvalue weighted by Gasteiger charge is 1.82. The van der Waals surface area contributed by atoms with Crippen LogP contribution in [-0.4, -0.2) is 7.11 Å². The second-order valence-electron chi connectivity index (χ2n) is 2.84. The minimum Gasteiger partial charge on any atom is -0.504 e. The Morgan fingerprint density at radius 3 is 2.58 bits per heavy atom. The Balaban J connectivity index is 3.07. The van der Waals surface area contributed by atoms with E-state index in [0.29, 0.717) is 0 Å². The van der Waals surface area contributed by atoms with E-state index in [1.54, 1.807) is 13.4 Å². The molecule has 0 amide bonds. The molecule has 0 aliphatic carbocycles. The number of hydrogen-bond donors (Lipinski definition) is 0. The maximum absolute atomic E-state index is 4.76. The van der Waals surface area contributed by atoms with Crippen LogP contribution in [0.1, 0.15) is 39.0 Å². The van der Waals surface area contributed by atoms with Crippen molar-refractivity contribution in [2.75, 3.05) is 7.11 Å². The van der Waals surface area contributed by atoms with Gasteiger partial charge in [0.15, 0.2) is 0 Å². The smallest absolute Gasteiger partial charge is 0.0824 e. The summed E-state index contributed by atoms with van der Waals surface area (Å²) in [5.41, 5.74) is 0. The zero-order valence-corrected chi connectivity index (χ0v) is 8.25. The van der Waals surface area contributed by atoms with Gasteiger partial charge in [0.2, 0.25) is 0 Å². The third-order valence-electron chi connectivity index (χ3n) is 1.69. The molecule has 0 aliphatic heterocycles. The van der Waals surface area contributed by atoms with Gasteiger partial charge in [-0.15, -0.1) is 0 Å². The fraction of sp³-hybridized carbons (Fsp3) is 0.636. The summed E-state index contributed by atoms with van der Waals surface area (Å²) in [4.78, 5) is 0. The topological polar surface area (TPSA) is 9.23 Å². The van der Waals surface area contributed by atoms with Crippen molar-refractivity contribution in [1.29, 1.82) is 0 Å². The Kier molecular flexibility index (Phi) is 9.66. The van der Waals surface area contributed by atoms with E-state index in [1.807, 2.05) is 12.2 Å². The molecule has 0 aliphatic rings. The van der Waals surface area contributed by atoms with Gasteiger partial charge in [-0.1, -0.05) is 38.3 Å². The molecule has 1 nitrogen and oxygen atoms in total. The van der Waals surface area contributed by atoms with Gasteiger partial charge in [-0.05, 0) is 18.9 Å². The van der Waals surface area contributed by atoms with Crippen LogP contribution in [0.15, 0.2) is 24.5 Å². The fourth-order valence-corrected chi connectivity index (χ4v) is 0.988. The number of rotatable bonds is 7. The van der Waals surface area contributed by atoms with Gasteiger partial charge in [0.05, 0.1) is 13.4 Å². The van der Waals surface area contributed by atoms with E-state index in [2.05, 4.69) is 13.0 Å². The molecule has 0 saturated carbocycles. The molecule has 0 N–H and O–H groups in total. The molecule has 0 aromatic rings. The highest BCUT2D eigenvalue weighted by atomic mass is 16.5. The van der Waals surface area contributed by atoms with Crippen LogP contribution in [0.25, 0.3) is 0 Å². The summed E-state index contributed by atoms with van der Waals surface area (Å²) in [5, 5.41) is 0. The van der Waals surface area contributed by atoms with Crippen molar-refractivity contribution in [2.24, 2.45) is 0 Å². The van der Waals surface area contributed by atoms with Gasteiger partial charge in [-0.25, -0.2) is 0 Å². The van der Waals surface area contributed by atoms with Crippen molar-refractivity contribution < 1.29 is 4.74 Å². The SMILES string of the molecule is CCCCCCC=CC=COC. The van der Waals surface area contributed by atoms with Crippen molar-refractivity contribution in [3.05, 3.63) is 24.5 Å². The highest BCUT2D eigenvalue weighted by molar-refractivity contribution is 4.99. The first-order valence-electron chi connectivity index (χ1n) is 4.76. The van der Waals surface area contributed by atoms with Crippen molar-refractivity contribution in [3.63, 3.8) is 0 Å². The standard InChI is InChI=1S/C11H20O/c1-3-4-5-6-7-8-9-10-11-12-2/h8-11H,3-7H2,1-2H3. The van der Waals surface area contributed by atoms with Crippen molar-refractivity contribution in [2.45, 2.75) is 39.0 Å². The van der Waals surface area contributed by atoms with Crippen LogP contribution < -0.4 is 0 Å². The molecule has 12 heavy (non-hydrogen) atoms. The molecule has 0 fully saturated rings. The highest BCUT2D eigenvalue weighted by Crippen LogP contribution is 2.02. The average Bonchev–Trinajstić information content (AvgIpc) is 2.10. The third kappa shape index (κ3) is 9.28. The maximum Gasteiger partial charge on any atom is 0.0824 e. The second-order valence-corrected chi connectivity index (χ2v) is 2.84. The van der Waals surface area contributed by atoms with Gasteiger partial charge in [-0.3, -0.25) is 0 Å². The molecule has 0 spiro atoms. The first-order chi connectivity index (χ1) is 5.91. The third-order valence-corrected chi connectivity index (χ3v) is 1.69. The number of ether oxygens (including phenoxy) is 1. The molecule has 1 heteroatoms. The molecule has 0 aromatic carbocycles. The number of methoxy groups -OCH3 is 1. The number of allylic oxidation sites excluding steroid dienone is 3. The Bertz CT molecular complexity index is 125. The molecular formula is C11H20O. The van der Waals surface area contributed by atoms with Crippen molar-refractivity contribution >= 4 is 0 Å². The van der Waals surface area contributed by atoms with Gasteiger partial charge in [-0.2, -0.15) is 0 Å². The predicted molar refractivity (Wildman–Crippen MR) is 54.0 cm³/mol. The van der Waals surface area contributed by atoms with Crippen molar-refractivity contribution in [3.8, 4) is 0 Å². The Morgan fingerprint density at radius 1 is 1.08 bits per heavy atom. The minimum atomic E-state index is 1.19. The second kappa shape index (κ2) is 10.3. The van der Waals surface area contributed by atoms with Gasteiger partial charge < -0.3 is 4.74 Å². The predicted octanol–water partition coefficient (Wildman–Crippen LogP) is 3.67. The zero-order valence-electron chi connectivity index (χ0n) is 8.25. The van der Waals surface area contributed by atoms with Crippen molar-refractivity contribution in [1.82, 2.24) is 0 Å². The molecule has 0 rings (SSSR count). The summed E-state index contributed by atoms with van der Waals surface area (Å²) in [6.45, 7) is 2.23. The molecule has 0 radical (unpaired) electrons. The summed E-state index contributed by atoms with van der Waals surface area (Å²) >= 11 is 0. The largest absolute Gasteiger partial charge is 0.504 e. The summed E-state index contributed by atoms with van der Waals surface area (Å²) in [5.74, 6) is 0. The number of unbranched alkanes of at least 4 members (excludes halogenated alkanes) is 4. The fourth-order valence-electron chi connectivity index (χ4n) is 0.988. The van der Waals surface area contributed by atoms with Gasteiger partial charge >= 0.3 is 0 Å². The molecule has 0 saturated heterocycles. The molecule has 0 atom stereocenters. The van der Waals surface area contributed by atoms with Gasteiger partial charge in [0, 0.05) is 0 Å². The quantitative estimate of drug-likeness (QED) is 0.320. The normalized spacial score (nSPS) is 11.5.